The molecule has 0 atom stereocenters. The fourth-order valence-electron chi connectivity index (χ4n) is 2.44. The summed E-state index contributed by atoms with van der Waals surface area (Å²) in [6.45, 7) is 4.09. The number of hydrogen-bond acceptors (Lipinski definition) is 2. The van der Waals surface area contributed by atoms with Gasteiger partial charge in [-0.1, -0.05) is 25.1 Å². The summed E-state index contributed by atoms with van der Waals surface area (Å²) >= 11 is 0. The van der Waals surface area contributed by atoms with Gasteiger partial charge in [0.2, 0.25) is 0 Å². The van der Waals surface area contributed by atoms with E-state index < -0.39 is 0 Å². The lowest BCUT2D eigenvalue weighted by molar-refractivity contribution is 0.102. The third-order valence-electron chi connectivity index (χ3n) is 3.63. The number of aryl methyl sites for hydroxylation is 2. The molecule has 0 spiro atoms. The molecule has 4 heteroatoms. The molecule has 0 unspecified atom stereocenters. The van der Waals surface area contributed by atoms with E-state index in [-0.39, 0.29) is 5.91 Å². The van der Waals surface area contributed by atoms with E-state index >= 15 is 0 Å². The number of anilines is 1. The lowest BCUT2D eigenvalue weighted by Gasteiger charge is -2.13. The van der Waals surface area contributed by atoms with Crippen LogP contribution in [0.25, 0.3) is 5.65 Å². The van der Waals surface area contributed by atoms with Crippen molar-refractivity contribution in [1.82, 2.24) is 9.38 Å². The molecule has 2 heterocycles. The van der Waals surface area contributed by atoms with E-state index in [9.17, 15) is 4.79 Å². The maximum absolute atomic E-state index is 12.5. The average molecular weight is 279 g/mol. The third-order valence-corrected chi connectivity index (χ3v) is 3.63. The van der Waals surface area contributed by atoms with Crippen molar-refractivity contribution in [3.05, 3.63) is 65.6 Å². The topological polar surface area (TPSA) is 46.4 Å². The highest BCUT2D eigenvalue weighted by molar-refractivity contribution is 6.05. The first-order valence-corrected chi connectivity index (χ1v) is 7.01. The largest absolute Gasteiger partial charge is 0.321 e. The monoisotopic (exact) mass is 279 g/mol. The van der Waals surface area contributed by atoms with Crippen molar-refractivity contribution in [2.75, 3.05) is 5.32 Å². The number of rotatable bonds is 3. The molecule has 0 bridgehead atoms. The van der Waals surface area contributed by atoms with E-state index in [4.69, 9.17) is 0 Å². The van der Waals surface area contributed by atoms with Crippen molar-refractivity contribution in [1.29, 1.82) is 0 Å². The van der Waals surface area contributed by atoms with Crippen LogP contribution in [0.3, 0.4) is 0 Å². The number of fused-ring (bicyclic) bond motifs is 1. The molecule has 1 aromatic carbocycles. The highest BCUT2D eigenvalue weighted by Gasteiger charge is 2.11. The molecular formula is C17H17N3O. The molecule has 2 aromatic heterocycles. The molecule has 0 aliphatic rings. The Bertz CT molecular complexity index is 805. The van der Waals surface area contributed by atoms with Gasteiger partial charge in [0, 0.05) is 24.3 Å². The van der Waals surface area contributed by atoms with Gasteiger partial charge < -0.3 is 9.72 Å². The molecule has 4 nitrogen and oxygen atoms in total. The lowest BCUT2D eigenvalue weighted by Crippen LogP contribution is -2.14. The predicted molar refractivity (Wildman–Crippen MR) is 83.7 cm³/mol. The first kappa shape index (κ1) is 13.4. The number of pyridine rings is 1. The predicted octanol–water partition coefficient (Wildman–Crippen LogP) is 3.46. The van der Waals surface area contributed by atoms with Gasteiger partial charge in [0.05, 0.1) is 5.56 Å². The maximum atomic E-state index is 12.5. The molecule has 0 saturated heterocycles. The number of carbonyl (C=O) groups is 1. The maximum Gasteiger partial charge on any atom is 0.257 e. The highest BCUT2D eigenvalue weighted by Crippen LogP contribution is 2.22. The number of nitrogens with one attached hydrogen (secondary N) is 1. The number of para-hydroxylation sites is 1. The molecule has 0 radical (unpaired) electrons. The Hall–Kier alpha value is -2.62. The van der Waals surface area contributed by atoms with E-state index in [1.807, 2.05) is 41.8 Å². The van der Waals surface area contributed by atoms with Crippen LogP contribution in [0, 0.1) is 6.92 Å². The van der Waals surface area contributed by atoms with E-state index in [1.54, 1.807) is 18.5 Å². The van der Waals surface area contributed by atoms with Gasteiger partial charge in [0.1, 0.15) is 5.65 Å². The van der Waals surface area contributed by atoms with Gasteiger partial charge in [-0.2, -0.15) is 0 Å². The minimum absolute atomic E-state index is 0.102. The smallest absolute Gasteiger partial charge is 0.257 e. The van der Waals surface area contributed by atoms with Gasteiger partial charge >= 0.3 is 0 Å². The molecule has 3 rings (SSSR count). The van der Waals surface area contributed by atoms with Crippen LogP contribution in [0.15, 0.2) is 48.9 Å². The van der Waals surface area contributed by atoms with Crippen LogP contribution in [0.4, 0.5) is 5.69 Å². The summed E-state index contributed by atoms with van der Waals surface area (Å²) in [5.74, 6) is -0.102. The SMILES string of the molecule is CCc1cccc(C)c1NC(=O)c1ccc2nccn2c1. The molecule has 1 N–H and O–H groups in total. The standard InChI is InChI=1S/C17H17N3O/c1-3-13-6-4-5-12(2)16(13)19-17(21)14-7-8-15-18-9-10-20(15)11-14/h4-11H,3H2,1-2H3,(H,19,21). The molecule has 21 heavy (non-hydrogen) atoms. The van der Waals surface area contributed by atoms with E-state index in [2.05, 4.69) is 17.2 Å². The quantitative estimate of drug-likeness (QED) is 0.798. The fourth-order valence-corrected chi connectivity index (χ4v) is 2.44. The second-order valence-electron chi connectivity index (χ2n) is 5.03. The van der Waals surface area contributed by atoms with Crippen LogP contribution in [-0.2, 0) is 6.42 Å². The molecule has 0 aliphatic carbocycles. The van der Waals surface area contributed by atoms with Crippen LogP contribution in [0.2, 0.25) is 0 Å². The van der Waals surface area contributed by atoms with Crippen LogP contribution in [0.1, 0.15) is 28.4 Å². The number of imidazole rings is 1. The van der Waals surface area contributed by atoms with Gasteiger partial charge in [0.25, 0.3) is 5.91 Å². The Morgan fingerprint density at radius 2 is 2.14 bits per heavy atom. The van der Waals surface area contributed by atoms with Crippen LogP contribution in [0.5, 0.6) is 0 Å². The molecule has 0 fully saturated rings. The number of nitrogens with zero attached hydrogens (tertiary/aromatic N) is 2. The van der Waals surface area contributed by atoms with Gasteiger partial charge in [-0.15, -0.1) is 0 Å². The Morgan fingerprint density at radius 3 is 2.95 bits per heavy atom. The Morgan fingerprint density at radius 1 is 1.29 bits per heavy atom. The van der Waals surface area contributed by atoms with Crippen LogP contribution < -0.4 is 5.32 Å². The van der Waals surface area contributed by atoms with Gasteiger partial charge in [-0.3, -0.25) is 4.79 Å². The molecular weight excluding hydrogens is 262 g/mol. The van der Waals surface area contributed by atoms with Crippen molar-refractivity contribution in [3.8, 4) is 0 Å². The zero-order chi connectivity index (χ0) is 14.8. The highest BCUT2D eigenvalue weighted by atomic mass is 16.1. The fraction of sp³-hybridized carbons (Fsp3) is 0.176. The summed E-state index contributed by atoms with van der Waals surface area (Å²) < 4.78 is 1.84. The minimum Gasteiger partial charge on any atom is -0.321 e. The van der Waals surface area contributed by atoms with Gasteiger partial charge in [0.15, 0.2) is 0 Å². The van der Waals surface area contributed by atoms with Crippen molar-refractivity contribution in [3.63, 3.8) is 0 Å². The molecule has 106 valence electrons. The Balaban J connectivity index is 1.92. The minimum atomic E-state index is -0.102. The van der Waals surface area contributed by atoms with Crippen molar-refractivity contribution >= 4 is 17.2 Å². The molecule has 1 amide bonds. The Labute approximate surface area is 123 Å². The Kier molecular flexibility index (Phi) is 3.44. The normalized spacial score (nSPS) is 10.8. The first-order chi connectivity index (χ1) is 10.2. The summed E-state index contributed by atoms with van der Waals surface area (Å²) in [6.07, 6.45) is 6.23. The van der Waals surface area contributed by atoms with Crippen molar-refractivity contribution in [2.45, 2.75) is 20.3 Å². The van der Waals surface area contributed by atoms with Crippen molar-refractivity contribution in [2.24, 2.45) is 0 Å². The number of benzene rings is 1. The van der Waals surface area contributed by atoms with Gasteiger partial charge in [-0.25, -0.2) is 4.98 Å². The zero-order valence-corrected chi connectivity index (χ0v) is 12.1. The molecule has 0 aliphatic heterocycles. The number of carbonyl (C=O) groups excluding carboxylic acids is 1. The van der Waals surface area contributed by atoms with E-state index in [0.29, 0.717) is 5.56 Å². The summed E-state index contributed by atoms with van der Waals surface area (Å²) in [7, 11) is 0. The summed E-state index contributed by atoms with van der Waals surface area (Å²) in [6, 6.07) is 9.70. The molecule has 0 saturated carbocycles. The lowest BCUT2D eigenvalue weighted by atomic mass is 10.1. The average Bonchev–Trinajstić information content (AvgIpc) is 2.96. The van der Waals surface area contributed by atoms with E-state index in [0.717, 1.165) is 28.9 Å². The van der Waals surface area contributed by atoms with E-state index in [1.165, 1.54) is 0 Å². The number of hydrogen-bond donors (Lipinski definition) is 1. The van der Waals surface area contributed by atoms with Gasteiger partial charge in [-0.05, 0) is 36.6 Å². The third kappa shape index (κ3) is 2.52. The summed E-state index contributed by atoms with van der Waals surface area (Å²) in [4.78, 5) is 16.6. The number of amides is 1. The van der Waals surface area contributed by atoms with Crippen LogP contribution >= 0.6 is 0 Å². The first-order valence-electron chi connectivity index (χ1n) is 7.01. The molecule has 3 aromatic rings. The second kappa shape index (κ2) is 5.40. The summed E-state index contributed by atoms with van der Waals surface area (Å²) in [5.41, 5.74) is 4.58. The number of aromatic nitrogens is 2. The summed E-state index contributed by atoms with van der Waals surface area (Å²) in [5, 5.41) is 3.03. The zero-order valence-electron chi connectivity index (χ0n) is 12.1. The van der Waals surface area contributed by atoms with Crippen LogP contribution in [-0.4, -0.2) is 15.3 Å². The second-order valence-corrected chi connectivity index (χ2v) is 5.03. The van der Waals surface area contributed by atoms with Crippen molar-refractivity contribution < 1.29 is 4.79 Å².